The van der Waals surface area contributed by atoms with Crippen LogP contribution >= 0.6 is 22.6 Å². The number of nitrogens with zero attached hydrogens (tertiary/aromatic N) is 2. The molecule has 0 aromatic heterocycles. The van der Waals surface area contributed by atoms with Crippen LogP contribution in [0.15, 0.2) is 18.2 Å². The summed E-state index contributed by atoms with van der Waals surface area (Å²) in [7, 11) is 2.03. The highest BCUT2D eigenvalue weighted by Crippen LogP contribution is 2.14. The molecular weight excluding hydrogens is 334 g/mol. The van der Waals surface area contributed by atoms with Crippen LogP contribution < -0.4 is 0 Å². The summed E-state index contributed by atoms with van der Waals surface area (Å²) in [5.41, 5.74) is 0.443. The lowest BCUT2D eigenvalue weighted by Gasteiger charge is -2.32. The molecular formula is C12H14FIN2O. The Balaban J connectivity index is 2.14. The van der Waals surface area contributed by atoms with E-state index in [0.717, 1.165) is 16.7 Å². The van der Waals surface area contributed by atoms with Crippen molar-refractivity contribution in [2.45, 2.75) is 0 Å². The van der Waals surface area contributed by atoms with Crippen LogP contribution in [0.4, 0.5) is 4.39 Å². The van der Waals surface area contributed by atoms with Gasteiger partial charge in [-0.2, -0.15) is 0 Å². The maximum Gasteiger partial charge on any atom is 0.254 e. The van der Waals surface area contributed by atoms with Gasteiger partial charge >= 0.3 is 0 Å². The monoisotopic (exact) mass is 348 g/mol. The molecule has 1 fully saturated rings. The second-order valence-electron chi connectivity index (χ2n) is 4.25. The summed E-state index contributed by atoms with van der Waals surface area (Å²) in [5, 5.41) is 0. The normalized spacial score (nSPS) is 17.2. The van der Waals surface area contributed by atoms with Crippen molar-refractivity contribution >= 4 is 28.5 Å². The number of halogens is 2. The van der Waals surface area contributed by atoms with E-state index in [1.807, 2.05) is 29.6 Å². The predicted molar refractivity (Wildman–Crippen MR) is 72.5 cm³/mol. The van der Waals surface area contributed by atoms with Gasteiger partial charge in [0.15, 0.2) is 0 Å². The van der Waals surface area contributed by atoms with E-state index >= 15 is 0 Å². The van der Waals surface area contributed by atoms with Crippen molar-refractivity contribution < 1.29 is 9.18 Å². The van der Waals surface area contributed by atoms with Crippen LogP contribution in [0.3, 0.4) is 0 Å². The van der Waals surface area contributed by atoms with Gasteiger partial charge in [0.2, 0.25) is 0 Å². The van der Waals surface area contributed by atoms with Gasteiger partial charge in [0, 0.05) is 35.3 Å². The van der Waals surface area contributed by atoms with Gasteiger partial charge in [-0.25, -0.2) is 4.39 Å². The highest BCUT2D eigenvalue weighted by Gasteiger charge is 2.20. The number of hydrogen-bond acceptors (Lipinski definition) is 2. The molecule has 3 nitrogen and oxygen atoms in total. The Morgan fingerprint density at radius 3 is 2.47 bits per heavy atom. The molecule has 1 aromatic rings. The van der Waals surface area contributed by atoms with E-state index in [4.69, 9.17) is 0 Å². The zero-order valence-electron chi connectivity index (χ0n) is 9.62. The molecule has 1 saturated heterocycles. The molecule has 1 heterocycles. The summed E-state index contributed by atoms with van der Waals surface area (Å²) >= 11 is 2.02. The van der Waals surface area contributed by atoms with Gasteiger partial charge in [-0.15, -0.1) is 0 Å². The lowest BCUT2D eigenvalue weighted by molar-refractivity contribution is 0.0663. The highest BCUT2D eigenvalue weighted by molar-refractivity contribution is 14.1. The SMILES string of the molecule is CN1CCN(C(=O)c2cc(F)cc(I)c2)CC1. The number of carbonyl (C=O) groups excluding carboxylic acids is 1. The van der Waals surface area contributed by atoms with Crippen molar-refractivity contribution in [3.8, 4) is 0 Å². The molecule has 1 amide bonds. The first-order chi connectivity index (χ1) is 8.06. The Morgan fingerprint density at radius 2 is 1.88 bits per heavy atom. The van der Waals surface area contributed by atoms with E-state index in [0.29, 0.717) is 18.7 Å². The van der Waals surface area contributed by atoms with E-state index in [1.54, 1.807) is 11.0 Å². The topological polar surface area (TPSA) is 23.6 Å². The van der Waals surface area contributed by atoms with Crippen LogP contribution in [0, 0.1) is 9.39 Å². The lowest BCUT2D eigenvalue weighted by atomic mass is 10.2. The Kier molecular flexibility index (Phi) is 3.98. The Hall–Kier alpha value is -0.690. The molecule has 1 aromatic carbocycles. The fraction of sp³-hybridized carbons (Fsp3) is 0.417. The number of benzene rings is 1. The Morgan fingerprint density at radius 1 is 1.24 bits per heavy atom. The smallest absolute Gasteiger partial charge is 0.254 e. The summed E-state index contributed by atoms with van der Waals surface area (Å²) in [5.74, 6) is -0.426. The maximum absolute atomic E-state index is 13.2. The van der Waals surface area contributed by atoms with Gasteiger partial charge in [-0.3, -0.25) is 4.79 Å². The maximum atomic E-state index is 13.2. The third kappa shape index (κ3) is 3.16. The second-order valence-corrected chi connectivity index (χ2v) is 5.50. The number of piperazine rings is 1. The molecule has 1 aliphatic heterocycles. The minimum atomic E-state index is -0.352. The van der Waals surface area contributed by atoms with Crippen molar-refractivity contribution in [1.82, 2.24) is 9.80 Å². The molecule has 92 valence electrons. The Labute approximate surface area is 114 Å². The third-order valence-corrected chi connectivity index (χ3v) is 3.52. The molecule has 0 atom stereocenters. The Bertz CT molecular complexity index is 410. The molecule has 0 aliphatic carbocycles. The largest absolute Gasteiger partial charge is 0.336 e. The first-order valence-corrected chi connectivity index (χ1v) is 6.58. The summed E-state index contributed by atoms with van der Waals surface area (Å²) in [6.07, 6.45) is 0. The van der Waals surface area contributed by atoms with Gasteiger partial charge in [-0.05, 0) is 47.8 Å². The van der Waals surface area contributed by atoms with Crippen LogP contribution in [0.25, 0.3) is 0 Å². The van der Waals surface area contributed by atoms with E-state index in [2.05, 4.69) is 4.90 Å². The first kappa shape index (κ1) is 12.8. The zero-order chi connectivity index (χ0) is 12.4. The number of carbonyl (C=O) groups is 1. The van der Waals surface area contributed by atoms with Crippen LogP contribution in [-0.4, -0.2) is 48.9 Å². The molecule has 1 aliphatic rings. The van der Waals surface area contributed by atoms with Crippen molar-refractivity contribution in [2.24, 2.45) is 0 Å². The molecule has 0 unspecified atom stereocenters. The summed E-state index contributed by atoms with van der Waals surface area (Å²) in [6, 6.07) is 4.45. The van der Waals surface area contributed by atoms with E-state index < -0.39 is 0 Å². The fourth-order valence-corrected chi connectivity index (χ4v) is 2.50. The van der Waals surface area contributed by atoms with Crippen molar-refractivity contribution in [2.75, 3.05) is 33.2 Å². The second kappa shape index (κ2) is 5.30. The van der Waals surface area contributed by atoms with Crippen molar-refractivity contribution in [3.63, 3.8) is 0 Å². The molecule has 0 N–H and O–H groups in total. The van der Waals surface area contributed by atoms with Gasteiger partial charge in [0.1, 0.15) is 5.82 Å². The molecule has 0 bridgehead atoms. The van der Waals surface area contributed by atoms with Gasteiger partial charge in [0.05, 0.1) is 0 Å². The van der Waals surface area contributed by atoms with Crippen LogP contribution in [0.2, 0.25) is 0 Å². The average Bonchev–Trinajstić information content (AvgIpc) is 2.28. The third-order valence-electron chi connectivity index (χ3n) is 2.90. The average molecular weight is 348 g/mol. The minimum absolute atomic E-state index is 0.0736. The van der Waals surface area contributed by atoms with Gasteiger partial charge in [0.25, 0.3) is 5.91 Å². The number of hydrogen-bond donors (Lipinski definition) is 0. The van der Waals surface area contributed by atoms with Crippen molar-refractivity contribution in [3.05, 3.63) is 33.1 Å². The predicted octanol–water partition coefficient (Wildman–Crippen LogP) is 1.82. The molecule has 0 saturated carbocycles. The zero-order valence-corrected chi connectivity index (χ0v) is 11.8. The van der Waals surface area contributed by atoms with E-state index in [9.17, 15) is 9.18 Å². The summed E-state index contributed by atoms with van der Waals surface area (Å²) in [6.45, 7) is 3.17. The number of rotatable bonds is 1. The molecule has 5 heteroatoms. The molecule has 2 rings (SSSR count). The number of amides is 1. The molecule has 0 radical (unpaired) electrons. The summed E-state index contributed by atoms with van der Waals surface area (Å²) < 4.78 is 14.0. The first-order valence-electron chi connectivity index (χ1n) is 5.50. The van der Waals surface area contributed by atoms with Gasteiger partial charge < -0.3 is 9.80 Å². The highest BCUT2D eigenvalue weighted by atomic mass is 127. The minimum Gasteiger partial charge on any atom is -0.336 e. The van der Waals surface area contributed by atoms with E-state index in [-0.39, 0.29) is 11.7 Å². The molecule has 0 spiro atoms. The standard InChI is InChI=1S/C12H14FIN2O/c1-15-2-4-16(5-3-15)12(17)9-6-10(13)8-11(14)7-9/h6-8H,2-5H2,1H3. The lowest BCUT2D eigenvalue weighted by Crippen LogP contribution is -2.47. The fourth-order valence-electron chi connectivity index (χ4n) is 1.87. The molecule has 17 heavy (non-hydrogen) atoms. The van der Waals surface area contributed by atoms with Crippen LogP contribution in [0.5, 0.6) is 0 Å². The van der Waals surface area contributed by atoms with Crippen molar-refractivity contribution in [1.29, 1.82) is 0 Å². The van der Waals surface area contributed by atoms with Gasteiger partial charge in [-0.1, -0.05) is 0 Å². The summed E-state index contributed by atoms with van der Waals surface area (Å²) in [4.78, 5) is 16.1. The number of likely N-dealkylation sites (N-methyl/N-ethyl adjacent to an activating group) is 1. The van der Waals surface area contributed by atoms with Crippen LogP contribution in [-0.2, 0) is 0 Å². The van der Waals surface area contributed by atoms with Crippen LogP contribution in [0.1, 0.15) is 10.4 Å². The quantitative estimate of drug-likeness (QED) is 0.723. The van der Waals surface area contributed by atoms with E-state index in [1.165, 1.54) is 12.1 Å².